The molecule has 0 unspecified atom stereocenters. The maximum atomic E-state index is 13.3. The molecule has 0 radical (unpaired) electrons. The Balaban J connectivity index is 1.37. The minimum atomic E-state index is -0.218. The van der Waals surface area contributed by atoms with Crippen LogP contribution in [0.4, 0.5) is 10.1 Å². The second-order valence-electron chi connectivity index (χ2n) is 8.07. The number of hydrogen-bond donors (Lipinski definition) is 0. The van der Waals surface area contributed by atoms with E-state index in [0.29, 0.717) is 5.92 Å². The third-order valence-electron chi connectivity index (χ3n) is 6.21. The lowest BCUT2D eigenvalue weighted by Crippen LogP contribution is -2.34. The van der Waals surface area contributed by atoms with Crippen molar-refractivity contribution in [1.82, 2.24) is 4.98 Å². The van der Waals surface area contributed by atoms with E-state index in [1.54, 1.807) is 0 Å². The quantitative estimate of drug-likeness (QED) is 0.621. The summed E-state index contributed by atoms with van der Waals surface area (Å²) in [4.78, 5) is 7.00. The van der Waals surface area contributed by atoms with Crippen LogP contribution in [0.15, 0.2) is 54.7 Å². The van der Waals surface area contributed by atoms with Crippen LogP contribution in [0.2, 0.25) is 0 Å². The topological polar surface area (TPSA) is 25.4 Å². The lowest BCUT2D eigenvalue weighted by Gasteiger charge is -2.35. The van der Waals surface area contributed by atoms with Gasteiger partial charge in [-0.05, 0) is 80.3 Å². The first-order chi connectivity index (χ1) is 13.7. The third-order valence-corrected chi connectivity index (χ3v) is 6.21. The molecule has 28 heavy (non-hydrogen) atoms. The summed E-state index contributed by atoms with van der Waals surface area (Å²) in [6.45, 7) is 8.28. The maximum Gasteiger partial charge on any atom is 0.123 e. The summed E-state index contributed by atoms with van der Waals surface area (Å²) in [5, 5.41) is 0. The molecule has 2 fully saturated rings. The molecule has 0 amide bonds. The number of nitrogens with zero attached hydrogens (tertiary/aromatic N) is 2. The molecule has 4 rings (SSSR count). The summed E-state index contributed by atoms with van der Waals surface area (Å²) in [5.41, 5.74) is 4.45. The second-order valence-corrected chi connectivity index (χ2v) is 8.07. The first-order valence-corrected chi connectivity index (χ1v) is 10.4. The smallest absolute Gasteiger partial charge is 0.123 e. The lowest BCUT2D eigenvalue weighted by atomic mass is 9.85. The van der Waals surface area contributed by atoms with E-state index in [0.717, 1.165) is 68.4 Å². The fourth-order valence-electron chi connectivity index (χ4n) is 4.42. The molecular formula is C24H29FN2O. The van der Waals surface area contributed by atoms with Gasteiger partial charge >= 0.3 is 0 Å². The Morgan fingerprint density at radius 2 is 1.93 bits per heavy atom. The minimum absolute atomic E-state index is 0.218. The molecule has 2 aliphatic rings. The average Bonchev–Trinajstić information content (AvgIpc) is 3.26. The second kappa shape index (κ2) is 8.87. The van der Waals surface area contributed by atoms with E-state index < -0.39 is 0 Å². The van der Waals surface area contributed by atoms with Gasteiger partial charge in [-0.25, -0.2) is 4.39 Å². The van der Waals surface area contributed by atoms with Crippen molar-refractivity contribution in [3.05, 3.63) is 60.6 Å². The molecule has 2 aromatic rings. The van der Waals surface area contributed by atoms with Crippen LogP contribution in [0.25, 0.3) is 11.3 Å². The number of pyridine rings is 1. The van der Waals surface area contributed by atoms with E-state index in [-0.39, 0.29) is 5.82 Å². The van der Waals surface area contributed by atoms with Gasteiger partial charge in [0.2, 0.25) is 0 Å². The molecule has 0 N–H and O–H groups in total. The summed E-state index contributed by atoms with van der Waals surface area (Å²) >= 11 is 0. The first kappa shape index (κ1) is 19.1. The van der Waals surface area contributed by atoms with Gasteiger partial charge in [0.25, 0.3) is 0 Å². The van der Waals surface area contributed by atoms with Crippen LogP contribution in [-0.4, -0.2) is 31.3 Å². The highest BCUT2D eigenvalue weighted by Gasteiger charge is 2.24. The molecule has 0 spiro atoms. The summed E-state index contributed by atoms with van der Waals surface area (Å²) < 4.78 is 18.8. The fraction of sp³-hybridized carbons (Fsp3) is 0.458. The number of hydrogen-bond acceptors (Lipinski definition) is 3. The van der Waals surface area contributed by atoms with Gasteiger partial charge in [-0.2, -0.15) is 0 Å². The number of anilines is 1. The Morgan fingerprint density at radius 1 is 1.14 bits per heavy atom. The van der Waals surface area contributed by atoms with Crippen LogP contribution >= 0.6 is 0 Å². The minimum Gasteiger partial charge on any atom is -0.381 e. The lowest BCUT2D eigenvalue weighted by molar-refractivity contribution is 0.184. The predicted octanol–water partition coefficient (Wildman–Crippen LogP) is 5.48. The molecule has 1 aromatic heterocycles. The van der Waals surface area contributed by atoms with E-state index in [1.165, 1.54) is 30.5 Å². The van der Waals surface area contributed by atoms with Crippen LogP contribution < -0.4 is 4.90 Å². The van der Waals surface area contributed by atoms with Crippen LogP contribution in [-0.2, 0) is 4.74 Å². The van der Waals surface area contributed by atoms with Crippen molar-refractivity contribution in [3.8, 4) is 11.3 Å². The fourth-order valence-corrected chi connectivity index (χ4v) is 4.42. The largest absolute Gasteiger partial charge is 0.381 e. The molecule has 0 aliphatic carbocycles. The van der Waals surface area contributed by atoms with Crippen molar-refractivity contribution in [1.29, 1.82) is 0 Å². The Hall–Kier alpha value is -2.20. The van der Waals surface area contributed by atoms with Crippen LogP contribution in [0.5, 0.6) is 0 Å². The van der Waals surface area contributed by atoms with Gasteiger partial charge in [0.1, 0.15) is 5.82 Å². The van der Waals surface area contributed by atoms with Gasteiger partial charge in [-0.1, -0.05) is 12.2 Å². The molecule has 0 saturated carbocycles. The van der Waals surface area contributed by atoms with Crippen LogP contribution in [0.1, 0.15) is 32.1 Å². The number of halogens is 1. The van der Waals surface area contributed by atoms with Gasteiger partial charge in [-0.15, -0.1) is 0 Å². The highest BCUT2D eigenvalue weighted by Crippen LogP contribution is 2.34. The summed E-state index contributed by atoms with van der Waals surface area (Å²) in [7, 11) is 0. The number of ether oxygens (including phenoxy) is 1. The molecule has 2 saturated heterocycles. The van der Waals surface area contributed by atoms with Crippen molar-refractivity contribution >= 4 is 5.69 Å². The Labute approximate surface area is 167 Å². The number of piperidine rings is 1. The Morgan fingerprint density at radius 3 is 2.64 bits per heavy atom. The summed E-state index contributed by atoms with van der Waals surface area (Å²) in [6, 6.07) is 10.7. The van der Waals surface area contributed by atoms with Gasteiger partial charge in [0.15, 0.2) is 0 Å². The van der Waals surface area contributed by atoms with Crippen molar-refractivity contribution in [2.45, 2.75) is 32.1 Å². The predicted molar refractivity (Wildman–Crippen MR) is 112 cm³/mol. The molecule has 3 nitrogen and oxygen atoms in total. The van der Waals surface area contributed by atoms with Crippen molar-refractivity contribution in [2.24, 2.45) is 11.8 Å². The molecule has 1 atom stereocenters. The first-order valence-electron chi connectivity index (χ1n) is 10.4. The van der Waals surface area contributed by atoms with Gasteiger partial charge in [0.05, 0.1) is 11.4 Å². The van der Waals surface area contributed by atoms with E-state index in [2.05, 4.69) is 22.5 Å². The molecule has 4 heteroatoms. The highest BCUT2D eigenvalue weighted by atomic mass is 19.1. The standard InChI is InChI=1S/C24H29FN2O/c1-18(4-5-19-12-16-28-17-19)20-10-14-27(15-11-20)23-3-2-13-26-24(23)21-6-8-22(25)9-7-21/h2-3,6-9,13,19-20H,1,4-5,10-12,14-17H2/t19-/m0/s1. The number of aromatic nitrogens is 1. The summed E-state index contributed by atoms with van der Waals surface area (Å²) in [5.74, 6) is 1.12. The van der Waals surface area contributed by atoms with Crippen molar-refractivity contribution in [2.75, 3.05) is 31.2 Å². The molecule has 2 aliphatic heterocycles. The zero-order valence-electron chi connectivity index (χ0n) is 16.4. The average molecular weight is 381 g/mol. The monoisotopic (exact) mass is 380 g/mol. The number of benzene rings is 1. The zero-order valence-corrected chi connectivity index (χ0v) is 16.4. The molecule has 148 valence electrons. The molecule has 1 aromatic carbocycles. The van der Waals surface area contributed by atoms with E-state index in [9.17, 15) is 4.39 Å². The SMILES string of the molecule is C=C(CC[C@H]1CCOC1)C1CCN(c2cccnc2-c2ccc(F)cc2)CC1. The van der Waals surface area contributed by atoms with Crippen molar-refractivity contribution in [3.63, 3.8) is 0 Å². The van der Waals surface area contributed by atoms with E-state index in [1.807, 2.05) is 24.4 Å². The van der Waals surface area contributed by atoms with E-state index in [4.69, 9.17) is 4.74 Å². The molecule has 3 heterocycles. The third kappa shape index (κ3) is 4.44. The molecular weight excluding hydrogens is 351 g/mol. The van der Waals surface area contributed by atoms with Crippen molar-refractivity contribution < 1.29 is 9.13 Å². The zero-order chi connectivity index (χ0) is 19.3. The normalized spacial score (nSPS) is 20.5. The maximum absolute atomic E-state index is 13.3. The van der Waals surface area contributed by atoms with Gasteiger partial charge in [0, 0.05) is 38.1 Å². The van der Waals surface area contributed by atoms with Gasteiger partial charge < -0.3 is 9.64 Å². The number of allylic oxidation sites excluding steroid dienone is 1. The molecule has 0 bridgehead atoms. The Kier molecular flexibility index (Phi) is 6.06. The summed E-state index contributed by atoms with van der Waals surface area (Å²) in [6.07, 6.45) is 7.64. The van der Waals surface area contributed by atoms with Crippen LogP contribution in [0.3, 0.4) is 0 Å². The van der Waals surface area contributed by atoms with E-state index >= 15 is 0 Å². The van der Waals surface area contributed by atoms with Crippen LogP contribution in [0, 0.1) is 17.7 Å². The number of rotatable bonds is 6. The highest BCUT2D eigenvalue weighted by molar-refractivity contribution is 5.75. The Bertz CT molecular complexity index is 791. The van der Waals surface area contributed by atoms with Gasteiger partial charge in [-0.3, -0.25) is 4.98 Å².